The summed E-state index contributed by atoms with van der Waals surface area (Å²) >= 11 is 6.01. The first-order chi connectivity index (χ1) is 8.08. The molecular formula is C13H12ClFN2. The molecule has 0 aliphatic heterocycles. The fourth-order valence-electron chi connectivity index (χ4n) is 1.58. The lowest BCUT2D eigenvalue weighted by Gasteiger charge is -2.13. The molecule has 0 saturated carbocycles. The summed E-state index contributed by atoms with van der Waals surface area (Å²) in [5.74, 6) is -0.298. The Morgan fingerprint density at radius 3 is 2.71 bits per heavy atom. The van der Waals surface area contributed by atoms with Gasteiger partial charge in [-0.1, -0.05) is 17.7 Å². The van der Waals surface area contributed by atoms with E-state index in [4.69, 9.17) is 17.3 Å². The van der Waals surface area contributed by atoms with Gasteiger partial charge in [0.1, 0.15) is 5.82 Å². The highest BCUT2D eigenvalue weighted by Gasteiger charge is 2.07. The van der Waals surface area contributed by atoms with Crippen LogP contribution in [0.3, 0.4) is 0 Å². The smallest absolute Gasteiger partial charge is 0.125 e. The van der Waals surface area contributed by atoms with Gasteiger partial charge in [-0.2, -0.15) is 0 Å². The number of nitrogen functional groups attached to an aromatic ring is 1. The highest BCUT2D eigenvalue weighted by atomic mass is 35.5. The highest BCUT2D eigenvalue weighted by Crippen LogP contribution is 2.31. The molecule has 0 fully saturated rings. The Labute approximate surface area is 104 Å². The van der Waals surface area contributed by atoms with Crippen LogP contribution >= 0.6 is 11.6 Å². The van der Waals surface area contributed by atoms with Crippen molar-refractivity contribution < 1.29 is 4.39 Å². The molecule has 2 rings (SSSR count). The van der Waals surface area contributed by atoms with Crippen LogP contribution in [0.15, 0.2) is 36.4 Å². The molecular weight excluding hydrogens is 239 g/mol. The molecule has 0 radical (unpaired) electrons. The zero-order chi connectivity index (χ0) is 12.4. The first kappa shape index (κ1) is 11.7. The van der Waals surface area contributed by atoms with Gasteiger partial charge in [0.05, 0.1) is 11.4 Å². The van der Waals surface area contributed by atoms with Gasteiger partial charge in [0.2, 0.25) is 0 Å². The van der Waals surface area contributed by atoms with Gasteiger partial charge >= 0.3 is 0 Å². The number of nitrogens with two attached hydrogens (primary N) is 1. The number of halogens is 2. The molecule has 3 N–H and O–H groups in total. The maximum atomic E-state index is 13.1. The van der Waals surface area contributed by atoms with Crippen LogP contribution in [-0.4, -0.2) is 0 Å². The molecule has 4 heteroatoms. The van der Waals surface area contributed by atoms with E-state index in [1.54, 1.807) is 24.3 Å². The Kier molecular flexibility index (Phi) is 3.20. The van der Waals surface area contributed by atoms with Gasteiger partial charge in [-0.15, -0.1) is 0 Å². The second-order valence-electron chi connectivity index (χ2n) is 3.77. The van der Waals surface area contributed by atoms with Crippen LogP contribution in [0.4, 0.5) is 21.5 Å². The minimum absolute atomic E-state index is 0.298. The molecule has 2 aromatic carbocycles. The molecule has 0 heterocycles. The summed E-state index contributed by atoms with van der Waals surface area (Å²) in [4.78, 5) is 0. The van der Waals surface area contributed by atoms with Crippen LogP contribution in [0.5, 0.6) is 0 Å². The predicted molar refractivity (Wildman–Crippen MR) is 70.3 cm³/mol. The number of hydrogen-bond acceptors (Lipinski definition) is 2. The minimum Gasteiger partial charge on any atom is -0.397 e. The van der Waals surface area contributed by atoms with Gasteiger partial charge < -0.3 is 11.1 Å². The summed E-state index contributed by atoms with van der Waals surface area (Å²) in [6.07, 6.45) is 0. The number of anilines is 3. The molecule has 0 bridgehead atoms. The van der Waals surface area contributed by atoms with E-state index >= 15 is 0 Å². The van der Waals surface area contributed by atoms with Gasteiger partial charge in [-0.25, -0.2) is 4.39 Å². The number of hydrogen-bond donors (Lipinski definition) is 2. The van der Waals surface area contributed by atoms with E-state index in [0.717, 1.165) is 5.56 Å². The molecule has 0 unspecified atom stereocenters. The quantitative estimate of drug-likeness (QED) is 0.787. The van der Waals surface area contributed by atoms with Crippen molar-refractivity contribution in [2.75, 3.05) is 11.1 Å². The van der Waals surface area contributed by atoms with Crippen molar-refractivity contribution in [3.8, 4) is 0 Å². The second-order valence-corrected chi connectivity index (χ2v) is 4.18. The average molecular weight is 251 g/mol. The molecule has 0 aliphatic carbocycles. The fraction of sp³-hybridized carbons (Fsp3) is 0.0769. The molecule has 88 valence electrons. The third-order valence-corrected chi connectivity index (χ3v) is 2.93. The van der Waals surface area contributed by atoms with E-state index in [0.29, 0.717) is 22.1 Å². The minimum atomic E-state index is -0.298. The van der Waals surface area contributed by atoms with Crippen molar-refractivity contribution in [1.82, 2.24) is 0 Å². The number of benzene rings is 2. The molecule has 17 heavy (non-hydrogen) atoms. The second kappa shape index (κ2) is 4.63. The van der Waals surface area contributed by atoms with Crippen molar-refractivity contribution >= 4 is 28.7 Å². The van der Waals surface area contributed by atoms with Crippen molar-refractivity contribution in [3.63, 3.8) is 0 Å². The van der Waals surface area contributed by atoms with Gasteiger partial charge in [-0.05, 0) is 42.8 Å². The van der Waals surface area contributed by atoms with Gasteiger partial charge in [-0.3, -0.25) is 0 Å². The van der Waals surface area contributed by atoms with E-state index in [1.165, 1.54) is 12.1 Å². The topological polar surface area (TPSA) is 38.0 Å². The standard InChI is InChI=1S/C13H12ClFN2/c1-8-11(14)5-6-12(16)13(8)17-10-4-2-3-9(15)7-10/h2-7,17H,16H2,1H3. The van der Waals surface area contributed by atoms with Crippen LogP contribution in [-0.2, 0) is 0 Å². The summed E-state index contributed by atoms with van der Waals surface area (Å²) < 4.78 is 13.1. The van der Waals surface area contributed by atoms with Gasteiger partial charge in [0, 0.05) is 10.7 Å². The molecule has 0 spiro atoms. The molecule has 0 atom stereocenters. The van der Waals surface area contributed by atoms with Crippen LogP contribution in [0.2, 0.25) is 5.02 Å². The molecule has 0 aromatic heterocycles. The lowest BCUT2D eigenvalue weighted by atomic mass is 10.1. The van der Waals surface area contributed by atoms with Gasteiger partial charge in [0.25, 0.3) is 0 Å². The molecule has 0 amide bonds. The largest absolute Gasteiger partial charge is 0.397 e. The highest BCUT2D eigenvalue weighted by molar-refractivity contribution is 6.32. The van der Waals surface area contributed by atoms with Crippen LogP contribution in [0, 0.1) is 12.7 Å². The third-order valence-electron chi connectivity index (χ3n) is 2.53. The third kappa shape index (κ3) is 2.50. The average Bonchev–Trinajstić information content (AvgIpc) is 2.30. The van der Waals surface area contributed by atoms with Crippen molar-refractivity contribution in [3.05, 3.63) is 52.8 Å². The van der Waals surface area contributed by atoms with Crippen molar-refractivity contribution in [1.29, 1.82) is 0 Å². The summed E-state index contributed by atoms with van der Waals surface area (Å²) in [5, 5.41) is 3.70. The van der Waals surface area contributed by atoms with Crippen molar-refractivity contribution in [2.24, 2.45) is 0 Å². The maximum absolute atomic E-state index is 13.1. The molecule has 0 aliphatic rings. The van der Waals surface area contributed by atoms with E-state index in [9.17, 15) is 4.39 Å². The first-order valence-electron chi connectivity index (χ1n) is 5.15. The van der Waals surface area contributed by atoms with Gasteiger partial charge in [0.15, 0.2) is 0 Å². The number of nitrogens with one attached hydrogen (secondary N) is 1. The van der Waals surface area contributed by atoms with E-state index in [-0.39, 0.29) is 5.82 Å². The summed E-state index contributed by atoms with van der Waals surface area (Å²) in [6.45, 7) is 1.86. The molecule has 0 saturated heterocycles. The Morgan fingerprint density at radius 2 is 2.00 bits per heavy atom. The zero-order valence-corrected chi connectivity index (χ0v) is 10.1. The lowest BCUT2D eigenvalue weighted by molar-refractivity contribution is 0.628. The first-order valence-corrected chi connectivity index (χ1v) is 5.53. The zero-order valence-electron chi connectivity index (χ0n) is 9.30. The van der Waals surface area contributed by atoms with Crippen LogP contribution in [0.25, 0.3) is 0 Å². The predicted octanol–water partition coefficient (Wildman–Crippen LogP) is 4.11. The van der Waals surface area contributed by atoms with E-state index in [1.807, 2.05) is 6.92 Å². The van der Waals surface area contributed by atoms with Crippen molar-refractivity contribution in [2.45, 2.75) is 6.92 Å². The Bertz CT molecular complexity index is 555. The molecule has 2 nitrogen and oxygen atoms in total. The van der Waals surface area contributed by atoms with Crippen LogP contribution in [0.1, 0.15) is 5.56 Å². The fourth-order valence-corrected chi connectivity index (χ4v) is 1.74. The molecule has 2 aromatic rings. The summed E-state index contributed by atoms with van der Waals surface area (Å²) in [6, 6.07) is 9.65. The maximum Gasteiger partial charge on any atom is 0.125 e. The SMILES string of the molecule is Cc1c(Cl)ccc(N)c1Nc1cccc(F)c1. The summed E-state index contributed by atoms with van der Waals surface area (Å²) in [7, 11) is 0. The Hall–Kier alpha value is -1.74. The monoisotopic (exact) mass is 250 g/mol. The Morgan fingerprint density at radius 1 is 1.24 bits per heavy atom. The number of rotatable bonds is 2. The summed E-state index contributed by atoms with van der Waals surface area (Å²) in [5.41, 5.74) is 8.64. The van der Waals surface area contributed by atoms with E-state index in [2.05, 4.69) is 5.32 Å². The normalized spacial score (nSPS) is 10.3. The van der Waals surface area contributed by atoms with Crippen LogP contribution < -0.4 is 11.1 Å². The Balaban J connectivity index is 2.39. The lowest BCUT2D eigenvalue weighted by Crippen LogP contribution is -1.99. The van der Waals surface area contributed by atoms with E-state index < -0.39 is 0 Å².